The minimum atomic E-state index is -5.22. The van der Waals surface area contributed by atoms with Crippen LogP contribution in [0, 0.1) is 5.92 Å². The summed E-state index contributed by atoms with van der Waals surface area (Å²) < 4.78 is 36.6. The van der Waals surface area contributed by atoms with Gasteiger partial charge in [0.25, 0.3) is 0 Å². The maximum atomic E-state index is 14.6. The zero-order valence-corrected chi connectivity index (χ0v) is 45.9. The fourth-order valence-corrected chi connectivity index (χ4v) is 10.4. The summed E-state index contributed by atoms with van der Waals surface area (Å²) in [7, 11) is -5.22. The van der Waals surface area contributed by atoms with Crippen LogP contribution in [-0.2, 0) is 55.2 Å². The summed E-state index contributed by atoms with van der Waals surface area (Å²) in [6.45, 7) is 3.76. The van der Waals surface area contributed by atoms with Crippen LogP contribution in [0.1, 0.15) is 142 Å². The molecule has 15 N–H and O–H groups in total. The molecule has 3 aliphatic rings. The molecule has 3 heterocycles. The average molecular weight is 1140 g/mol. The van der Waals surface area contributed by atoms with Gasteiger partial charge in [-0.1, -0.05) is 97.0 Å². The molecule has 0 spiro atoms. The second-order valence-corrected chi connectivity index (χ2v) is 22.1. The van der Waals surface area contributed by atoms with Gasteiger partial charge in [-0.25, -0.2) is 0 Å². The van der Waals surface area contributed by atoms with Crippen LogP contribution in [-0.4, -0.2) is 192 Å². The SMILES string of the molecule is CCCCCCCCCCCCCCCC(=O)N[C@H]1CC[C@@H](O)NC(=O)[C@@H]2[C@@H](O)[C@@H](C)CN2C(=O)[C@H](C(O)CC(N)=O)NC(=O)[C@H]([C@H](O)Cc2ccc(O)c(OS(=O)(=O)O)c2)NC(=O)[C@@H]2C[C@@H](O)CN2C(=O)[C@H]([C@@H](C)O)NC1=O. The molecule has 1 aromatic rings. The van der Waals surface area contributed by atoms with E-state index in [4.69, 9.17) is 5.73 Å². The van der Waals surface area contributed by atoms with E-state index in [2.05, 4.69) is 37.7 Å². The number of hydrogen-bond donors (Lipinski definition) is 14. The lowest BCUT2D eigenvalue weighted by Crippen LogP contribution is -2.64. The largest absolute Gasteiger partial charge is 0.504 e. The number of fused-ring (bicyclic) bond motifs is 2. The summed E-state index contributed by atoms with van der Waals surface area (Å²) >= 11 is 0. The molecule has 3 fully saturated rings. The number of primary amides is 1. The molecule has 27 nitrogen and oxygen atoms in total. The van der Waals surface area contributed by atoms with Crippen molar-refractivity contribution >= 4 is 57.7 Å². The Labute approximate surface area is 459 Å². The maximum Gasteiger partial charge on any atom is 0.446 e. The molecule has 13 atom stereocenters. The Balaban J connectivity index is 1.69. The molecular formula is C51H82N8O19S. The number of nitrogens with zero attached hydrogens (tertiary/aromatic N) is 2. The molecule has 28 heteroatoms. The van der Waals surface area contributed by atoms with Crippen molar-refractivity contribution in [3.8, 4) is 11.5 Å². The molecule has 79 heavy (non-hydrogen) atoms. The third kappa shape index (κ3) is 20.4. The Hall–Kier alpha value is -5.75. The van der Waals surface area contributed by atoms with Crippen LogP contribution in [0.2, 0.25) is 0 Å². The summed E-state index contributed by atoms with van der Waals surface area (Å²) in [5.74, 6) is -11.7. The molecule has 0 bridgehead atoms. The number of aliphatic hydroxyl groups excluding tert-OH is 6. The number of carbonyl (C=O) groups excluding carboxylic acids is 8. The molecule has 3 aliphatic heterocycles. The highest BCUT2D eigenvalue weighted by Gasteiger charge is 2.50. The van der Waals surface area contributed by atoms with Crippen molar-refractivity contribution < 1.29 is 91.3 Å². The average Bonchev–Trinajstić information content (AvgIpc) is 3.92. The predicted molar refractivity (Wildman–Crippen MR) is 280 cm³/mol. The number of hydrogen-bond acceptors (Lipinski definition) is 18. The van der Waals surface area contributed by atoms with Crippen LogP contribution in [0.3, 0.4) is 0 Å². The number of nitrogens with one attached hydrogen (secondary N) is 5. The number of nitrogens with two attached hydrogens (primary N) is 1. The first-order valence-corrected chi connectivity index (χ1v) is 28.6. The highest BCUT2D eigenvalue weighted by molar-refractivity contribution is 7.81. The van der Waals surface area contributed by atoms with Gasteiger partial charge in [0.2, 0.25) is 47.3 Å². The summed E-state index contributed by atoms with van der Waals surface area (Å²) in [5, 5.41) is 89.3. The zero-order valence-electron chi connectivity index (χ0n) is 45.0. The van der Waals surface area contributed by atoms with E-state index in [0.29, 0.717) is 6.42 Å². The third-order valence-corrected chi connectivity index (χ3v) is 14.8. The number of benzene rings is 1. The summed E-state index contributed by atoms with van der Waals surface area (Å²) in [4.78, 5) is 113. The molecule has 1 aromatic carbocycles. The molecule has 1 unspecified atom stereocenters. The highest BCUT2D eigenvalue weighted by Crippen LogP contribution is 2.30. The molecule has 3 saturated heterocycles. The van der Waals surface area contributed by atoms with E-state index in [1.807, 2.05) is 0 Å². The molecule has 0 radical (unpaired) electrons. The van der Waals surface area contributed by atoms with Crippen molar-refractivity contribution in [1.29, 1.82) is 0 Å². The zero-order chi connectivity index (χ0) is 58.7. The van der Waals surface area contributed by atoms with Gasteiger partial charge in [0.1, 0.15) is 42.5 Å². The van der Waals surface area contributed by atoms with Crippen molar-refractivity contribution in [2.24, 2.45) is 11.7 Å². The minimum Gasteiger partial charge on any atom is -0.504 e. The Kier molecular flexibility index (Phi) is 26.1. The van der Waals surface area contributed by atoms with Gasteiger partial charge in [-0.15, -0.1) is 0 Å². The number of aromatic hydroxyl groups is 1. The van der Waals surface area contributed by atoms with E-state index in [-0.39, 0.29) is 12.0 Å². The second kappa shape index (κ2) is 31.3. The van der Waals surface area contributed by atoms with E-state index in [1.165, 1.54) is 51.9 Å². The quantitative estimate of drug-likeness (QED) is 0.0390. The fraction of sp³-hybridized carbons (Fsp3) is 0.725. The standard InChI is InChI=1S/C51H82N8O19S/c1-4-5-6-7-8-9-10-11-12-13-14-15-16-17-39(66)53-32-19-21-40(67)54-49(72)44-45(68)28(2)26-59(44)51(74)43(36(64)25-38(52)65)57-48(71)42(35(63)22-30-18-20-34(62)37(23-30)78-79(75,76)77)56-47(70)33-24-31(61)27-58(33)50(73)41(29(3)60)55-46(32)69/h18,20,23,28-29,31-33,35-36,40-45,60-64,67-68H,4-17,19,21-22,24-27H2,1-3H3,(H2,52,65)(H,53,66)(H,54,72)(H,55,69)(H,56,70)(H,57,71)(H,75,76,77)/t28-,29+,31+,32-,33-,35+,36?,40+,41-,42-,43-,44-,45-/m0/s1. The first kappa shape index (κ1) is 65.8. The van der Waals surface area contributed by atoms with Gasteiger partial charge in [-0.3, -0.25) is 42.9 Å². The van der Waals surface area contributed by atoms with Gasteiger partial charge in [-0.05, 0) is 43.9 Å². The Morgan fingerprint density at radius 1 is 0.747 bits per heavy atom. The lowest BCUT2D eigenvalue weighted by atomic mass is 9.98. The number of phenolic OH excluding ortho intramolecular Hbond substituents is 1. The molecule has 446 valence electrons. The van der Waals surface area contributed by atoms with Crippen LogP contribution >= 0.6 is 0 Å². The first-order chi connectivity index (χ1) is 37.2. The Bertz CT molecular complexity index is 2360. The topological polar surface area (TPSA) is 434 Å². The highest BCUT2D eigenvalue weighted by atomic mass is 32.3. The third-order valence-electron chi connectivity index (χ3n) is 14.4. The van der Waals surface area contributed by atoms with E-state index in [0.717, 1.165) is 67.0 Å². The van der Waals surface area contributed by atoms with Gasteiger partial charge in [-0.2, -0.15) is 8.42 Å². The molecule has 0 aliphatic carbocycles. The van der Waals surface area contributed by atoms with Gasteiger partial charge in [0.15, 0.2) is 11.5 Å². The van der Waals surface area contributed by atoms with Gasteiger partial charge < -0.3 is 82.0 Å². The van der Waals surface area contributed by atoms with Gasteiger partial charge in [0.05, 0.1) is 36.9 Å². The van der Waals surface area contributed by atoms with Crippen molar-refractivity contribution in [2.45, 2.75) is 216 Å². The second-order valence-electron chi connectivity index (χ2n) is 21.0. The number of aliphatic hydroxyl groups is 6. The van der Waals surface area contributed by atoms with Crippen molar-refractivity contribution in [2.75, 3.05) is 13.1 Å². The molecule has 8 amide bonds. The Morgan fingerprint density at radius 2 is 1.32 bits per heavy atom. The van der Waals surface area contributed by atoms with Crippen LogP contribution < -0.4 is 36.5 Å². The number of amides is 8. The molecule has 0 aromatic heterocycles. The lowest BCUT2D eigenvalue weighted by Gasteiger charge is -2.34. The summed E-state index contributed by atoms with van der Waals surface area (Å²) in [6, 6.07) is -8.65. The number of unbranched alkanes of at least 4 members (excludes halogenated alkanes) is 12. The number of phenols is 1. The van der Waals surface area contributed by atoms with Crippen LogP contribution in [0.25, 0.3) is 0 Å². The van der Waals surface area contributed by atoms with Crippen LogP contribution in [0.5, 0.6) is 11.5 Å². The number of carbonyl (C=O) groups is 8. The summed E-state index contributed by atoms with van der Waals surface area (Å²) in [6.07, 6.45) is -0.348. The van der Waals surface area contributed by atoms with Crippen molar-refractivity contribution in [3.05, 3.63) is 23.8 Å². The first-order valence-electron chi connectivity index (χ1n) is 27.2. The van der Waals surface area contributed by atoms with Crippen LogP contribution in [0.15, 0.2) is 18.2 Å². The van der Waals surface area contributed by atoms with Crippen molar-refractivity contribution in [1.82, 2.24) is 36.4 Å². The lowest BCUT2D eigenvalue weighted by molar-refractivity contribution is -0.148. The summed E-state index contributed by atoms with van der Waals surface area (Å²) in [5.41, 5.74) is 5.24. The smallest absolute Gasteiger partial charge is 0.446 e. The normalized spacial score (nSPS) is 27.1. The molecule has 4 rings (SSSR count). The molecule has 0 saturated carbocycles. The van der Waals surface area contributed by atoms with E-state index >= 15 is 0 Å². The van der Waals surface area contributed by atoms with E-state index in [1.54, 1.807) is 0 Å². The van der Waals surface area contributed by atoms with Crippen molar-refractivity contribution in [3.63, 3.8) is 0 Å². The Morgan fingerprint density at radius 3 is 1.90 bits per heavy atom. The predicted octanol–water partition coefficient (Wildman–Crippen LogP) is -2.09. The van der Waals surface area contributed by atoms with E-state index < -0.39 is 193 Å². The van der Waals surface area contributed by atoms with E-state index in [9.17, 15) is 87.1 Å². The van der Waals surface area contributed by atoms with Gasteiger partial charge >= 0.3 is 10.4 Å². The van der Waals surface area contributed by atoms with Gasteiger partial charge in [0, 0.05) is 38.3 Å². The number of rotatable bonds is 24. The molecular weight excluding hydrogens is 1060 g/mol. The monoisotopic (exact) mass is 1140 g/mol. The van der Waals surface area contributed by atoms with Crippen LogP contribution in [0.4, 0.5) is 0 Å². The minimum absolute atomic E-state index is 0.00964. The maximum absolute atomic E-state index is 14.6. The fourth-order valence-electron chi connectivity index (χ4n) is 10.0.